The van der Waals surface area contributed by atoms with Crippen LogP contribution < -0.4 is 4.74 Å². The van der Waals surface area contributed by atoms with Crippen LogP contribution in [0.2, 0.25) is 0 Å². The van der Waals surface area contributed by atoms with Gasteiger partial charge in [0.25, 0.3) is 5.91 Å². The van der Waals surface area contributed by atoms with Crippen LogP contribution in [0.4, 0.5) is 0 Å². The Morgan fingerprint density at radius 1 is 1.16 bits per heavy atom. The van der Waals surface area contributed by atoms with Crippen molar-refractivity contribution in [2.45, 2.75) is 13.5 Å². The van der Waals surface area contributed by atoms with Crippen LogP contribution in [0.25, 0.3) is 5.69 Å². The van der Waals surface area contributed by atoms with Gasteiger partial charge in [0, 0.05) is 25.7 Å². The van der Waals surface area contributed by atoms with Crippen LogP contribution in [0.3, 0.4) is 0 Å². The SMILES string of the molecule is COc1cccc(-n2nnc(C(=O)N(CCN(C)C)Cc3ccc(C#N)cc3)c2C)c1. The predicted octanol–water partition coefficient (Wildman–Crippen LogP) is 2.66. The van der Waals surface area contributed by atoms with E-state index >= 15 is 0 Å². The van der Waals surface area contributed by atoms with Crippen molar-refractivity contribution in [1.29, 1.82) is 5.26 Å². The Morgan fingerprint density at radius 3 is 2.55 bits per heavy atom. The van der Waals surface area contributed by atoms with Gasteiger partial charge in [0.05, 0.1) is 30.1 Å². The highest BCUT2D eigenvalue weighted by atomic mass is 16.5. The lowest BCUT2D eigenvalue weighted by molar-refractivity contribution is 0.0725. The summed E-state index contributed by atoms with van der Waals surface area (Å²) in [6.07, 6.45) is 0. The standard InChI is InChI=1S/C23H26N6O2/c1-17-22(25-26-29(17)20-6-5-7-21(14-20)31-4)23(30)28(13-12-27(2)3)16-19-10-8-18(15-24)9-11-19/h5-11,14H,12-13,16H2,1-4H3. The fraction of sp³-hybridized carbons (Fsp3) is 0.304. The second kappa shape index (κ2) is 9.87. The zero-order chi connectivity index (χ0) is 22.4. The van der Waals surface area contributed by atoms with Crippen LogP contribution in [0.5, 0.6) is 5.75 Å². The van der Waals surface area contributed by atoms with Crippen molar-refractivity contribution in [1.82, 2.24) is 24.8 Å². The number of nitriles is 1. The summed E-state index contributed by atoms with van der Waals surface area (Å²) in [7, 11) is 5.54. The third kappa shape index (κ3) is 5.27. The number of benzene rings is 2. The van der Waals surface area contributed by atoms with Crippen LogP contribution in [0, 0.1) is 18.3 Å². The molecule has 0 saturated carbocycles. The van der Waals surface area contributed by atoms with E-state index in [1.165, 1.54) is 0 Å². The molecule has 0 bridgehead atoms. The molecule has 0 aliphatic rings. The van der Waals surface area contributed by atoms with Gasteiger partial charge in [-0.1, -0.05) is 23.4 Å². The van der Waals surface area contributed by atoms with Crippen LogP contribution in [0.15, 0.2) is 48.5 Å². The summed E-state index contributed by atoms with van der Waals surface area (Å²) in [5.41, 5.74) is 3.29. The summed E-state index contributed by atoms with van der Waals surface area (Å²) in [6, 6.07) is 16.8. The summed E-state index contributed by atoms with van der Waals surface area (Å²) >= 11 is 0. The molecule has 1 aromatic heterocycles. The lowest BCUT2D eigenvalue weighted by Crippen LogP contribution is -2.36. The molecular formula is C23H26N6O2. The second-order valence-corrected chi connectivity index (χ2v) is 7.48. The van der Waals surface area contributed by atoms with Crippen LogP contribution in [0.1, 0.15) is 27.3 Å². The number of amides is 1. The molecule has 3 rings (SSSR count). The summed E-state index contributed by atoms with van der Waals surface area (Å²) in [5, 5.41) is 17.4. The second-order valence-electron chi connectivity index (χ2n) is 7.48. The average molecular weight is 419 g/mol. The lowest BCUT2D eigenvalue weighted by atomic mass is 10.1. The monoisotopic (exact) mass is 418 g/mol. The Hall–Kier alpha value is -3.70. The maximum atomic E-state index is 13.4. The minimum Gasteiger partial charge on any atom is -0.497 e. The molecule has 0 unspecified atom stereocenters. The van der Waals surface area contributed by atoms with E-state index in [1.807, 2.05) is 62.3 Å². The minimum absolute atomic E-state index is 0.183. The van der Waals surface area contributed by atoms with Gasteiger partial charge in [-0.05, 0) is 50.8 Å². The van der Waals surface area contributed by atoms with Crippen molar-refractivity contribution in [2.24, 2.45) is 0 Å². The molecule has 0 aliphatic heterocycles. The zero-order valence-electron chi connectivity index (χ0n) is 18.2. The Balaban J connectivity index is 1.88. The van der Waals surface area contributed by atoms with Gasteiger partial charge in [0.1, 0.15) is 5.75 Å². The van der Waals surface area contributed by atoms with E-state index in [0.717, 1.165) is 11.3 Å². The Morgan fingerprint density at radius 2 is 1.90 bits per heavy atom. The quantitative estimate of drug-likeness (QED) is 0.559. The number of carbonyl (C=O) groups is 1. The van der Waals surface area contributed by atoms with E-state index < -0.39 is 0 Å². The van der Waals surface area contributed by atoms with E-state index in [9.17, 15) is 4.79 Å². The van der Waals surface area contributed by atoms with Gasteiger partial charge in [-0.2, -0.15) is 5.26 Å². The third-order valence-corrected chi connectivity index (χ3v) is 4.96. The zero-order valence-corrected chi connectivity index (χ0v) is 18.2. The average Bonchev–Trinajstić information content (AvgIpc) is 3.17. The summed E-state index contributed by atoms with van der Waals surface area (Å²) < 4.78 is 6.92. The molecular weight excluding hydrogens is 392 g/mol. The highest BCUT2D eigenvalue weighted by molar-refractivity contribution is 5.93. The largest absolute Gasteiger partial charge is 0.497 e. The van der Waals surface area contributed by atoms with Crippen molar-refractivity contribution < 1.29 is 9.53 Å². The van der Waals surface area contributed by atoms with Crippen LogP contribution in [-0.2, 0) is 6.54 Å². The molecule has 0 atom stereocenters. The number of aromatic nitrogens is 3. The minimum atomic E-state index is -0.183. The first-order valence-corrected chi connectivity index (χ1v) is 9.92. The van der Waals surface area contributed by atoms with Crippen molar-refractivity contribution in [3.05, 3.63) is 71.0 Å². The topological polar surface area (TPSA) is 87.3 Å². The third-order valence-electron chi connectivity index (χ3n) is 4.96. The summed E-state index contributed by atoms with van der Waals surface area (Å²) in [5.74, 6) is 0.520. The smallest absolute Gasteiger partial charge is 0.276 e. The Kier molecular flexibility index (Phi) is 7.00. The van der Waals surface area contributed by atoms with Gasteiger partial charge in [0.2, 0.25) is 0 Å². The molecule has 160 valence electrons. The maximum absolute atomic E-state index is 13.4. The molecule has 0 N–H and O–H groups in total. The lowest BCUT2D eigenvalue weighted by Gasteiger charge is -2.24. The number of hydrogen-bond donors (Lipinski definition) is 0. The van der Waals surface area contributed by atoms with E-state index in [2.05, 4.69) is 16.4 Å². The molecule has 0 spiro atoms. The van der Waals surface area contributed by atoms with Gasteiger partial charge < -0.3 is 14.5 Å². The normalized spacial score (nSPS) is 10.7. The van der Waals surface area contributed by atoms with E-state index in [1.54, 1.807) is 28.8 Å². The predicted molar refractivity (Wildman–Crippen MR) is 117 cm³/mol. The first-order chi connectivity index (χ1) is 14.9. The van der Waals surface area contributed by atoms with Gasteiger partial charge in [-0.3, -0.25) is 4.79 Å². The summed E-state index contributed by atoms with van der Waals surface area (Å²) in [4.78, 5) is 17.2. The van der Waals surface area contributed by atoms with Gasteiger partial charge in [-0.15, -0.1) is 5.10 Å². The van der Waals surface area contributed by atoms with Gasteiger partial charge in [-0.25, -0.2) is 4.68 Å². The Labute approximate surface area is 182 Å². The molecule has 1 heterocycles. The highest BCUT2D eigenvalue weighted by Gasteiger charge is 2.23. The fourth-order valence-corrected chi connectivity index (χ4v) is 3.14. The maximum Gasteiger partial charge on any atom is 0.276 e. The first-order valence-electron chi connectivity index (χ1n) is 9.92. The number of rotatable bonds is 8. The van der Waals surface area contributed by atoms with Crippen molar-refractivity contribution in [2.75, 3.05) is 34.3 Å². The molecule has 0 radical (unpaired) electrons. The molecule has 0 saturated heterocycles. The molecule has 31 heavy (non-hydrogen) atoms. The molecule has 8 nitrogen and oxygen atoms in total. The van der Waals surface area contributed by atoms with Crippen molar-refractivity contribution >= 4 is 5.91 Å². The van der Waals surface area contributed by atoms with E-state index in [-0.39, 0.29) is 5.91 Å². The number of ether oxygens (including phenoxy) is 1. The summed E-state index contributed by atoms with van der Waals surface area (Å²) in [6.45, 7) is 3.50. The first kappa shape index (κ1) is 22.0. The molecule has 2 aromatic carbocycles. The molecule has 0 fully saturated rings. The Bertz CT molecular complexity index is 1080. The van der Waals surface area contributed by atoms with Crippen molar-refractivity contribution in [3.8, 4) is 17.5 Å². The number of carbonyl (C=O) groups excluding carboxylic acids is 1. The number of nitrogens with zero attached hydrogens (tertiary/aromatic N) is 6. The van der Waals surface area contributed by atoms with Crippen LogP contribution in [-0.4, -0.2) is 65.0 Å². The van der Waals surface area contributed by atoms with Crippen molar-refractivity contribution in [3.63, 3.8) is 0 Å². The van der Waals surface area contributed by atoms with Gasteiger partial charge >= 0.3 is 0 Å². The number of likely N-dealkylation sites (N-methyl/N-ethyl adjacent to an activating group) is 1. The molecule has 1 amide bonds. The van der Waals surface area contributed by atoms with E-state index in [4.69, 9.17) is 10.00 Å². The van der Waals surface area contributed by atoms with E-state index in [0.29, 0.717) is 42.3 Å². The number of hydrogen-bond acceptors (Lipinski definition) is 6. The van der Waals surface area contributed by atoms with Crippen LogP contribution >= 0.6 is 0 Å². The van der Waals surface area contributed by atoms with Gasteiger partial charge in [0.15, 0.2) is 5.69 Å². The molecule has 3 aromatic rings. The fourth-order valence-electron chi connectivity index (χ4n) is 3.14. The highest BCUT2D eigenvalue weighted by Crippen LogP contribution is 2.19. The molecule has 0 aliphatic carbocycles. The number of methoxy groups -OCH3 is 1. The molecule has 8 heteroatoms.